The molecule has 1 amide bonds. The highest BCUT2D eigenvalue weighted by Gasteiger charge is 2.38. The number of fused-ring (bicyclic) bond motifs is 1. The van der Waals surface area contributed by atoms with Crippen molar-refractivity contribution in [1.82, 2.24) is 14.9 Å². The number of hydrogen-bond donors (Lipinski definition) is 2. The van der Waals surface area contributed by atoms with Crippen LogP contribution >= 0.6 is 23.4 Å². The summed E-state index contributed by atoms with van der Waals surface area (Å²) in [5.74, 6) is 1.31. The number of aromatic nitrogens is 3. The normalized spacial score (nSPS) is 16.9. The van der Waals surface area contributed by atoms with E-state index in [2.05, 4.69) is 20.9 Å². The zero-order valence-electron chi connectivity index (χ0n) is 18.3. The summed E-state index contributed by atoms with van der Waals surface area (Å²) in [4.78, 5) is 13.4. The highest BCUT2D eigenvalue weighted by atomic mass is 35.5. The van der Waals surface area contributed by atoms with Gasteiger partial charge in [-0.05, 0) is 42.8 Å². The van der Waals surface area contributed by atoms with Crippen LogP contribution in [0.4, 0.5) is 5.69 Å². The highest BCUT2D eigenvalue weighted by molar-refractivity contribution is 8.00. The smallest absolute Gasteiger partial charge is 0.240 e. The lowest BCUT2D eigenvalue weighted by Crippen LogP contribution is -2.41. The predicted molar refractivity (Wildman–Crippen MR) is 135 cm³/mol. The van der Waals surface area contributed by atoms with Gasteiger partial charge in [0.2, 0.25) is 11.1 Å². The van der Waals surface area contributed by atoms with E-state index in [0.717, 1.165) is 16.9 Å². The van der Waals surface area contributed by atoms with Crippen LogP contribution < -0.4 is 15.5 Å². The fourth-order valence-corrected chi connectivity index (χ4v) is 5.07. The van der Waals surface area contributed by atoms with Gasteiger partial charge in [0, 0.05) is 16.3 Å². The van der Waals surface area contributed by atoms with E-state index in [9.17, 15) is 4.79 Å². The van der Waals surface area contributed by atoms with Gasteiger partial charge in [-0.25, -0.2) is 4.68 Å². The second-order valence-electron chi connectivity index (χ2n) is 7.65. The van der Waals surface area contributed by atoms with E-state index < -0.39 is 5.25 Å². The number of hydrogen-bond acceptors (Lipinski definition) is 6. The van der Waals surface area contributed by atoms with Crippen molar-refractivity contribution in [2.45, 2.75) is 23.4 Å². The summed E-state index contributed by atoms with van der Waals surface area (Å²) >= 11 is 7.48. The Labute approximate surface area is 206 Å². The van der Waals surface area contributed by atoms with Crippen molar-refractivity contribution >= 4 is 35.0 Å². The number of anilines is 1. The molecule has 0 fully saturated rings. The van der Waals surface area contributed by atoms with Crippen LogP contribution in [-0.2, 0) is 4.79 Å². The molecule has 0 bridgehead atoms. The maximum absolute atomic E-state index is 13.4. The minimum atomic E-state index is -0.503. The minimum Gasteiger partial charge on any atom is -0.494 e. The van der Waals surface area contributed by atoms with Crippen LogP contribution in [0.1, 0.15) is 18.5 Å². The summed E-state index contributed by atoms with van der Waals surface area (Å²) in [5, 5.41) is 12.4. The molecule has 1 aliphatic heterocycles. The van der Waals surface area contributed by atoms with Gasteiger partial charge in [0.1, 0.15) is 11.0 Å². The van der Waals surface area contributed by atoms with Gasteiger partial charge in [-0.3, -0.25) is 4.79 Å². The second-order valence-corrected chi connectivity index (χ2v) is 9.20. The van der Waals surface area contributed by atoms with Crippen molar-refractivity contribution in [2.24, 2.45) is 0 Å². The van der Waals surface area contributed by atoms with E-state index in [1.807, 2.05) is 72.3 Å². The number of nitrogens with zero attached hydrogens (tertiary/aromatic N) is 3. The maximum Gasteiger partial charge on any atom is 0.240 e. The number of rotatable bonds is 6. The number of ether oxygens (including phenoxy) is 1. The molecule has 172 valence electrons. The van der Waals surface area contributed by atoms with E-state index >= 15 is 0 Å². The lowest BCUT2D eigenvalue weighted by molar-refractivity contribution is -0.116. The van der Waals surface area contributed by atoms with Gasteiger partial charge in [-0.2, -0.15) is 0 Å². The van der Waals surface area contributed by atoms with Crippen molar-refractivity contribution in [3.63, 3.8) is 0 Å². The zero-order chi connectivity index (χ0) is 23.5. The Hall–Kier alpha value is -3.49. The first-order valence-electron chi connectivity index (χ1n) is 10.9. The summed E-state index contributed by atoms with van der Waals surface area (Å²) in [7, 11) is 0. The number of carbonyl (C=O) groups is 1. The molecule has 34 heavy (non-hydrogen) atoms. The number of carbonyl (C=O) groups excluding carboxylic acids is 1. The number of benzene rings is 3. The Morgan fingerprint density at radius 1 is 1.09 bits per heavy atom. The van der Waals surface area contributed by atoms with Gasteiger partial charge >= 0.3 is 0 Å². The van der Waals surface area contributed by atoms with Crippen molar-refractivity contribution < 1.29 is 9.53 Å². The molecule has 0 spiro atoms. The Bertz CT molecular complexity index is 1300. The average Bonchev–Trinajstić information content (AvgIpc) is 3.27. The van der Waals surface area contributed by atoms with Gasteiger partial charge < -0.3 is 15.5 Å². The Morgan fingerprint density at radius 3 is 2.62 bits per heavy atom. The molecule has 2 atom stereocenters. The average molecular weight is 492 g/mol. The molecule has 9 heteroatoms. The summed E-state index contributed by atoms with van der Waals surface area (Å²) in [6.45, 7) is 2.54. The molecule has 0 saturated heterocycles. The predicted octanol–water partition coefficient (Wildman–Crippen LogP) is 5.40. The third kappa shape index (κ3) is 4.60. The van der Waals surface area contributed by atoms with Crippen LogP contribution in [0.3, 0.4) is 0 Å². The van der Waals surface area contributed by atoms with Crippen molar-refractivity contribution in [3.8, 4) is 17.1 Å². The topological polar surface area (TPSA) is 81.1 Å². The first kappa shape index (κ1) is 22.3. The molecule has 1 aliphatic rings. The van der Waals surface area contributed by atoms with E-state index in [-0.39, 0.29) is 11.9 Å². The monoisotopic (exact) mass is 491 g/mol. The molecule has 2 heterocycles. The van der Waals surface area contributed by atoms with Crippen LogP contribution in [0.15, 0.2) is 84.0 Å². The summed E-state index contributed by atoms with van der Waals surface area (Å²) in [6, 6.07) is 24.4. The summed E-state index contributed by atoms with van der Waals surface area (Å²) in [6.07, 6.45) is 0. The van der Waals surface area contributed by atoms with Crippen LogP contribution in [0.5, 0.6) is 5.75 Å². The number of amides is 1. The van der Waals surface area contributed by atoms with Crippen molar-refractivity contribution in [2.75, 3.05) is 17.3 Å². The molecule has 3 aromatic carbocycles. The highest BCUT2D eigenvalue weighted by Crippen LogP contribution is 2.39. The van der Waals surface area contributed by atoms with Gasteiger partial charge in [0.15, 0.2) is 5.82 Å². The van der Waals surface area contributed by atoms with Gasteiger partial charge in [0.05, 0.1) is 12.6 Å². The van der Waals surface area contributed by atoms with E-state index in [4.69, 9.17) is 16.3 Å². The van der Waals surface area contributed by atoms with Crippen molar-refractivity contribution in [1.29, 1.82) is 0 Å². The van der Waals surface area contributed by atoms with Crippen LogP contribution in [0.25, 0.3) is 11.4 Å². The molecule has 0 aliphatic carbocycles. The molecular weight excluding hydrogens is 470 g/mol. The van der Waals surface area contributed by atoms with Crippen LogP contribution in [-0.4, -0.2) is 32.6 Å². The molecule has 5 rings (SSSR count). The largest absolute Gasteiger partial charge is 0.494 e. The molecular formula is C25H22ClN5O2S. The standard InChI is InChI=1S/C25H22ClN5O2S/c1-2-33-20-13-11-16(12-14-20)21-22(24(32)27-19-10-6-9-18(26)15-19)34-25-29-28-23(31(25)30-21)17-7-4-3-5-8-17/h3-15,21-22,30H,2H2,1H3,(H,27,32)/t21-,22-/m0/s1. The Morgan fingerprint density at radius 2 is 1.88 bits per heavy atom. The third-order valence-corrected chi connectivity index (χ3v) is 6.82. The fraction of sp³-hybridized carbons (Fsp3) is 0.160. The molecule has 0 unspecified atom stereocenters. The molecule has 1 aromatic heterocycles. The number of nitrogens with one attached hydrogen (secondary N) is 2. The van der Waals surface area contributed by atoms with Crippen LogP contribution in [0, 0.1) is 0 Å². The van der Waals surface area contributed by atoms with E-state index in [0.29, 0.717) is 28.3 Å². The summed E-state index contributed by atoms with van der Waals surface area (Å²) < 4.78 is 7.44. The maximum atomic E-state index is 13.4. The lowest BCUT2D eigenvalue weighted by atomic mass is 10.0. The molecule has 0 saturated carbocycles. The molecule has 4 aromatic rings. The number of halogens is 1. The first-order chi connectivity index (χ1) is 16.6. The fourth-order valence-electron chi connectivity index (χ4n) is 3.80. The van der Waals surface area contributed by atoms with Gasteiger partial charge in [0.25, 0.3) is 0 Å². The quantitative estimate of drug-likeness (QED) is 0.376. The Balaban J connectivity index is 1.50. The lowest BCUT2D eigenvalue weighted by Gasteiger charge is -2.33. The van der Waals surface area contributed by atoms with Crippen LogP contribution in [0.2, 0.25) is 5.02 Å². The minimum absolute atomic E-state index is 0.158. The van der Waals surface area contributed by atoms with E-state index in [1.54, 1.807) is 18.2 Å². The van der Waals surface area contributed by atoms with Gasteiger partial charge in [-0.15, -0.1) is 10.2 Å². The van der Waals surface area contributed by atoms with E-state index in [1.165, 1.54) is 11.8 Å². The molecule has 0 radical (unpaired) electrons. The Kier molecular flexibility index (Phi) is 6.42. The SMILES string of the molecule is CCOc1ccc([C@@H]2Nn3c(nnc3-c3ccccc3)S[C@@H]2C(=O)Nc2cccc(Cl)c2)cc1. The second kappa shape index (κ2) is 9.79. The summed E-state index contributed by atoms with van der Waals surface area (Å²) in [5.41, 5.74) is 6.00. The zero-order valence-corrected chi connectivity index (χ0v) is 19.9. The molecule has 2 N–H and O–H groups in total. The van der Waals surface area contributed by atoms with Gasteiger partial charge in [-0.1, -0.05) is 71.9 Å². The molecule has 7 nitrogen and oxygen atoms in total. The number of thioether (sulfide) groups is 1. The first-order valence-corrected chi connectivity index (χ1v) is 12.1. The third-order valence-electron chi connectivity index (χ3n) is 5.37. The van der Waals surface area contributed by atoms with Crippen molar-refractivity contribution in [3.05, 3.63) is 89.4 Å².